The lowest BCUT2D eigenvalue weighted by molar-refractivity contribution is -0.422. The van der Waals surface area contributed by atoms with Crippen LogP contribution < -0.4 is 0 Å². The number of benzene rings is 2. The molecule has 0 radical (unpaired) electrons. The summed E-state index contributed by atoms with van der Waals surface area (Å²) < 4.78 is 13.1. The van der Waals surface area contributed by atoms with E-state index in [0.717, 1.165) is 12.1 Å². The molecule has 0 aliphatic rings. The summed E-state index contributed by atoms with van der Waals surface area (Å²) in [5.74, 6) is -0.487. The minimum Gasteiger partial charge on any atom is -0.258 e. The standard InChI is InChI=1S/C12H7FN2O4/c13-10-3-1-2-8(6-10)9-4-5-11(14(16)17)12(7-9)15(18)19/h1-7H. The lowest BCUT2D eigenvalue weighted by atomic mass is 10.0. The largest absolute Gasteiger partial charge is 0.346 e. The molecule has 0 aliphatic heterocycles. The van der Waals surface area contributed by atoms with Crippen LogP contribution in [-0.2, 0) is 0 Å². The van der Waals surface area contributed by atoms with E-state index in [1.807, 2.05) is 0 Å². The van der Waals surface area contributed by atoms with Gasteiger partial charge in [0, 0.05) is 12.1 Å². The summed E-state index contributed by atoms with van der Waals surface area (Å²) in [5, 5.41) is 21.5. The molecule has 0 saturated carbocycles. The van der Waals surface area contributed by atoms with E-state index in [9.17, 15) is 24.6 Å². The fourth-order valence-corrected chi connectivity index (χ4v) is 1.67. The molecule has 2 aromatic rings. The molecule has 0 fully saturated rings. The molecule has 2 rings (SSSR count). The highest BCUT2D eigenvalue weighted by molar-refractivity contribution is 5.70. The fourth-order valence-electron chi connectivity index (χ4n) is 1.67. The van der Waals surface area contributed by atoms with E-state index in [1.165, 1.54) is 24.3 Å². The van der Waals surface area contributed by atoms with Gasteiger partial charge in [-0.3, -0.25) is 20.2 Å². The molecule has 0 aromatic heterocycles. The third-order valence-electron chi connectivity index (χ3n) is 2.53. The maximum Gasteiger partial charge on any atom is 0.346 e. The molecule has 0 N–H and O–H groups in total. The quantitative estimate of drug-likeness (QED) is 0.627. The zero-order chi connectivity index (χ0) is 14.0. The van der Waals surface area contributed by atoms with E-state index in [4.69, 9.17) is 0 Å². The van der Waals surface area contributed by atoms with Gasteiger partial charge in [-0.05, 0) is 29.3 Å². The van der Waals surface area contributed by atoms with E-state index in [0.29, 0.717) is 11.1 Å². The molecule has 0 atom stereocenters. The van der Waals surface area contributed by atoms with Gasteiger partial charge in [0.05, 0.1) is 9.85 Å². The van der Waals surface area contributed by atoms with Gasteiger partial charge in [-0.25, -0.2) is 4.39 Å². The highest BCUT2D eigenvalue weighted by Crippen LogP contribution is 2.32. The first kappa shape index (κ1) is 12.6. The molecular weight excluding hydrogens is 255 g/mol. The smallest absolute Gasteiger partial charge is 0.258 e. The Morgan fingerprint density at radius 1 is 0.842 bits per heavy atom. The first-order valence-corrected chi connectivity index (χ1v) is 5.18. The van der Waals surface area contributed by atoms with Gasteiger partial charge < -0.3 is 0 Å². The van der Waals surface area contributed by atoms with E-state index >= 15 is 0 Å². The summed E-state index contributed by atoms with van der Waals surface area (Å²) in [7, 11) is 0. The Hall–Kier alpha value is -2.83. The van der Waals surface area contributed by atoms with Crippen molar-refractivity contribution in [3.8, 4) is 11.1 Å². The third-order valence-corrected chi connectivity index (χ3v) is 2.53. The zero-order valence-electron chi connectivity index (χ0n) is 9.45. The zero-order valence-corrected chi connectivity index (χ0v) is 9.45. The highest BCUT2D eigenvalue weighted by Gasteiger charge is 2.24. The van der Waals surface area contributed by atoms with Gasteiger partial charge >= 0.3 is 11.4 Å². The Morgan fingerprint density at radius 2 is 1.47 bits per heavy atom. The van der Waals surface area contributed by atoms with Crippen LogP contribution in [0, 0.1) is 26.0 Å². The Labute approximate surface area is 106 Å². The molecular formula is C12H7FN2O4. The number of hydrogen-bond donors (Lipinski definition) is 0. The monoisotopic (exact) mass is 262 g/mol. The van der Waals surface area contributed by atoms with Crippen molar-refractivity contribution >= 4 is 11.4 Å². The normalized spacial score (nSPS) is 10.2. The van der Waals surface area contributed by atoms with Gasteiger partial charge in [0.25, 0.3) is 0 Å². The molecule has 0 unspecified atom stereocenters. The third kappa shape index (κ3) is 2.54. The van der Waals surface area contributed by atoms with Gasteiger partial charge in [-0.15, -0.1) is 0 Å². The van der Waals surface area contributed by atoms with Crippen molar-refractivity contribution in [1.29, 1.82) is 0 Å². The van der Waals surface area contributed by atoms with Crippen molar-refractivity contribution in [1.82, 2.24) is 0 Å². The number of rotatable bonds is 3. The molecule has 7 heteroatoms. The Morgan fingerprint density at radius 3 is 2.05 bits per heavy atom. The highest BCUT2D eigenvalue weighted by atomic mass is 19.1. The molecule has 96 valence electrons. The molecule has 0 saturated heterocycles. The van der Waals surface area contributed by atoms with Crippen LogP contribution >= 0.6 is 0 Å². The summed E-state index contributed by atoms with van der Waals surface area (Å²) in [6.07, 6.45) is 0. The van der Waals surface area contributed by atoms with Crippen molar-refractivity contribution in [3.63, 3.8) is 0 Å². The molecule has 6 nitrogen and oxygen atoms in total. The van der Waals surface area contributed by atoms with Crippen LogP contribution in [0.1, 0.15) is 0 Å². The van der Waals surface area contributed by atoms with Gasteiger partial charge in [0.1, 0.15) is 5.82 Å². The predicted octanol–water partition coefficient (Wildman–Crippen LogP) is 3.31. The van der Waals surface area contributed by atoms with Crippen molar-refractivity contribution in [2.75, 3.05) is 0 Å². The van der Waals surface area contributed by atoms with Crippen molar-refractivity contribution in [3.05, 3.63) is 68.5 Å². The SMILES string of the molecule is O=[N+]([O-])c1ccc(-c2cccc(F)c2)cc1[N+](=O)[O-]. The lowest BCUT2D eigenvalue weighted by Crippen LogP contribution is -1.96. The van der Waals surface area contributed by atoms with Crippen LogP contribution in [0.2, 0.25) is 0 Å². The van der Waals surface area contributed by atoms with Crippen LogP contribution in [-0.4, -0.2) is 9.85 Å². The van der Waals surface area contributed by atoms with Gasteiger partial charge in [0.15, 0.2) is 0 Å². The summed E-state index contributed by atoms with van der Waals surface area (Å²) >= 11 is 0. The number of nitro benzene ring substituents is 2. The summed E-state index contributed by atoms with van der Waals surface area (Å²) in [4.78, 5) is 19.8. The first-order valence-electron chi connectivity index (χ1n) is 5.18. The van der Waals surface area contributed by atoms with Gasteiger partial charge in [0.2, 0.25) is 0 Å². The Kier molecular flexibility index (Phi) is 3.19. The Balaban J connectivity index is 2.58. The topological polar surface area (TPSA) is 86.3 Å². The minimum absolute atomic E-state index is 0.344. The molecule has 0 heterocycles. The number of halogens is 1. The maximum atomic E-state index is 13.1. The molecule has 0 amide bonds. The van der Waals surface area contributed by atoms with E-state index in [2.05, 4.69) is 0 Å². The van der Waals surface area contributed by atoms with Crippen LogP contribution in [0.5, 0.6) is 0 Å². The average molecular weight is 262 g/mol. The molecule has 0 aliphatic carbocycles. The lowest BCUT2D eigenvalue weighted by Gasteiger charge is -2.02. The average Bonchev–Trinajstić information content (AvgIpc) is 2.37. The van der Waals surface area contributed by atoms with Crippen molar-refractivity contribution < 1.29 is 14.2 Å². The van der Waals surface area contributed by atoms with Crippen LogP contribution in [0.4, 0.5) is 15.8 Å². The Bertz CT molecular complexity index is 673. The summed E-state index contributed by atoms with van der Waals surface area (Å²) in [6.45, 7) is 0. The van der Waals surface area contributed by atoms with Gasteiger partial charge in [-0.1, -0.05) is 12.1 Å². The van der Waals surface area contributed by atoms with Crippen molar-refractivity contribution in [2.45, 2.75) is 0 Å². The van der Waals surface area contributed by atoms with Crippen LogP contribution in [0.25, 0.3) is 11.1 Å². The van der Waals surface area contributed by atoms with E-state index in [-0.39, 0.29) is 0 Å². The molecule has 2 aromatic carbocycles. The first-order chi connectivity index (χ1) is 8.99. The van der Waals surface area contributed by atoms with E-state index < -0.39 is 27.0 Å². The van der Waals surface area contributed by atoms with Gasteiger partial charge in [-0.2, -0.15) is 0 Å². The number of nitrogens with zero attached hydrogens (tertiary/aromatic N) is 2. The van der Waals surface area contributed by atoms with Crippen LogP contribution in [0.15, 0.2) is 42.5 Å². The number of hydrogen-bond acceptors (Lipinski definition) is 4. The second-order valence-corrected chi connectivity index (χ2v) is 3.73. The summed E-state index contributed by atoms with van der Waals surface area (Å²) in [6, 6.07) is 8.91. The predicted molar refractivity (Wildman–Crippen MR) is 65.1 cm³/mol. The van der Waals surface area contributed by atoms with E-state index in [1.54, 1.807) is 6.07 Å². The fraction of sp³-hybridized carbons (Fsp3) is 0. The molecule has 19 heavy (non-hydrogen) atoms. The van der Waals surface area contributed by atoms with Crippen molar-refractivity contribution in [2.24, 2.45) is 0 Å². The molecule has 0 spiro atoms. The summed E-state index contributed by atoms with van der Waals surface area (Å²) in [5.41, 5.74) is -0.452. The second kappa shape index (κ2) is 4.81. The second-order valence-electron chi connectivity index (χ2n) is 3.73. The number of nitro groups is 2. The maximum absolute atomic E-state index is 13.1. The minimum atomic E-state index is -0.832. The molecule has 0 bridgehead atoms. The van der Waals surface area contributed by atoms with Crippen LogP contribution in [0.3, 0.4) is 0 Å².